The first-order valence-corrected chi connectivity index (χ1v) is 9.18. The summed E-state index contributed by atoms with van der Waals surface area (Å²) in [6.45, 7) is 5.85. The van der Waals surface area contributed by atoms with E-state index in [4.69, 9.17) is 0 Å². The molecule has 0 atom stereocenters. The van der Waals surface area contributed by atoms with Gasteiger partial charge in [0.2, 0.25) is 5.91 Å². The zero-order valence-electron chi connectivity index (χ0n) is 15.1. The molecular formula is C19H19N5OS. The van der Waals surface area contributed by atoms with Crippen LogP contribution in [0.1, 0.15) is 25.1 Å². The lowest BCUT2D eigenvalue weighted by Gasteiger charge is -2.16. The van der Waals surface area contributed by atoms with Gasteiger partial charge in [0.1, 0.15) is 12.1 Å². The van der Waals surface area contributed by atoms with Gasteiger partial charge < -0.3 is 10.2 Å². The summed E-state index contributed by atoms with van der Waals surface area (Å²) < 4.78 is 0. The van der Waals surface area contributed by atoms with Crippen LogP contribution in [0, 0.1) is 6.92 Å². The highest BCUT2D eigenvalue weighted by Gasteiger charge is 2.42. The molecule has 0 spiro atoms. The quantitative estimate of drug-likeness (QED) is 0.762. The van der Waals surface area contributed by atoms with Gasteiger partial charge in [-0.1, -0.05) is 6.07 Å². The lowest BCUT2D eigenvalue weighted by Crippen LogP contribution is -2.33. The van der Waals surface area contributed by atoms with Crippen LogP contribution >= 0.6 is 11.3 Å². The molecule has 1 aliphatic heterocycles. The van der Waals surface area contributed by atoms with Crippen LogP contribution in [-0.4, -0.2) is 27.9 Å². The number of amides is 1. The summed E-state index contributed by atoms with van der Waals surface area (Å²) in [6, 6.07) is 7.96. The normalized spacial score (nSPS) is 15.2. The Bertz CT molecular complexity index is 1010. The summed E-state index contributed by atoms with van der Waals surface area (Å²) in [5.41, 5.74) is 4.27. The molecule has 1 aromatic carbocycles. The van der Waals surface area contributed by atoms with Crippen molar-refractivity contribution in [1.29, 1.82) is 0 Å². The maximum Gasteiger partial charge on any atom is 0.236 e. The maximum absolute atomic E-state index is 12.5. The van der Waals surface area contributed by atoms with Crippen molar-refractivity contribution in [2.45, 2.75) is 26.2 Å². The van der Waals surface area contributed by atoms with Gasteiger partial charge in [0.25, 0.3) is 0 Å². The predicted molar refractivity (Wildman–Crippen MR) is 104 cm³/mol. The molecule has 2 aromatic heterocycles. The fraction of sp³-hybridized carbons (Fsp3) is 0.263. The topological polar surface area (TPSA) is 71.0 Å². The summed E-state index contributed by atoms with van der Waals surface area (Å²) >= 11 is 1.52. The number of hydrogen-bond donors (Lipinski definition) is 1. The standard InChI is InChI=1S/C19H19N5OS/c1-11-7-16(21-10-20-11)23-18-22-14(9-26-18)12-5-6-15-13(8-12)19(2,3)17(25)24(15)4/h5-10H,1-4H3,(H,20,21,22,23). The Morgan fingerprint density at radius 1 is 1.19 bits per heavy atom. The molecule has 3 heterocycles. The first-order valence-electron chi connectivity index (χ1n) is 8.30. The summed E-state index contributed by atoms with van der Waals surface area (Å²) in [4.78, 5) is 27.1. The Hall–Kier alpha value is -2.80. The molecule has 0 unspecified atom stereocenters. The molecule has 0 fully saturated rings. The molecule has 0 saturated carbocycles. The average Bonchev–Trinajstić information content (AvgIpc) is 3.13. The predicted octanol–water partition coefficient (Wildman–Crippen LogP) is 3.91. The van der Waals surface area contributed by atoms with E-state index in [1.807, 2.05) is 51.4 Å². The van der Waals surface area contributed by atoms with Gasteiger partial charge in [-0.25, -0.2) is 15.0 Å². The molecule has 6 nitrogen and oxygen atoms in total. The number of aromatic nitrogens is 3. The van der Waals surface area contributed by atoms with E-state index in [1.165, 1.54) is 17.7 Å². The zero-order valence-corrected chi connectivity index (χ0v) is 15.9. The summed E-state index contributed by atoms with van der Waals surface area (Å²) in [5, 5.41) is 5.99. The van der Waals surface area contributed by atoms with Crippen LogP contribution in [0.2, 0.25) is 0 Å². The number of likely N-dealkylation sites (N-methyl/N-ethyl adjacent to an activating group) is 1. The third-order valence-electron chi connectivity index (χ3n) is 4.71. The van der Waals surface area contributed by atoms with Gasteiger partial charge in [0.15, 0.2) is 5.13 Å². The molecule has 0 bridgehead atoms. The number of benzene rings is 1. The molecular weight excluding hydrogens is 346 g/mol. The molecule has 0 saturated heterocycles. The Morgan fingerprint density at radius 2 is 2.00 bits per heavy atom. The van der Waals surface area contributed by atoms with Crippen LogP contribution in [-0.2, 0) is 10.2 Å². The van der Waals surface area contributed by atoms with E-state index in [0.717, 1.165) is 39.2 Å². The van der Waals surface area contributed by atoms with Crippen LogP contribution in [0.4, 0.5) is 16.6 Å². The highest BCUT2D eigenvalue weighted by Crippen LogP contribution is 2.42. The van der Waals surface area contributed by atoms with Crippen LogP contribution < -0.4 is 10.2 Å². The molecule has 1 N–H and O–H groups in total. The number of aryl methyl sites for hydroxylation is 1. The monoisotopic (exact) mass is 365 g/mol. The Labute approximate surface area is 155 Å². The number of carbonyl (C=O) groups is 1. The first-order chi connectivity index (χ1) is 12.4. The molecule has 1 aliphatic rings. The van der Waals surface area contributed by atoms with Crippen LogP contribution in [0.3, 0.4) is 0 Å². The summed E-state index contributed by atoms with van der Waals surface area (Å²) in [5.74, 6) is 0.838. The number of anilines is 3. The molecule has 7 heteroatoms. The van der Waals surface area contributed by atoms with Crippen molar-refractivity contribution in [3.05, 3.63) is 47.2 Å². The van der Waals surface area contributed by atoms with Crippen molar-refractivity contribution in [2.24, 2.45) is 0 Å². The number of nitrogens with zero attached hydrogens (tertiary/aromatic N) is 4. The number of fused-ring (bicyclic) bond motifs is 1. The van der Waals surface area contributed by atoms with E-state index in [1.54, 1.807) is 4.90 Å². The van der Waals surface area contributed by atoms with Crippen molar-refractivity contribution in [1.82, 2.24) is 15.0 Å². The Kier molecular flexibility index (Phi) is 3.77. The van der Waals surface area contributed by atoms with Gasteiger partial charge >= 0.3 is 0 Å². The zero-order chi connectivity index (χ0) is 18.5. The van der Waals surface area contributed by atoms with Crippen molar-refractivity contribution in [3.63, 3.8) is 0 Å². The molecule has 0 aliphatic carbocycles. The van der Waals surface area contributed by atoms with E-state index in [2.05, 4.69) is 26.3 Å². The maximum atomic E-state index is 12.5. The highest BCUT2D eigenvalue weighted by atomic mass is 32.1. The second kappa shape index (κ2) is 5.88. The van der Waals surface area contributed by atoms with Gasteiger partial charge in [-0.15, -0.1) is 11.3 Å². The van der Waals surface area contributed by atoms with E-state index >= 15 is 0 Å². The molecule has 0 radical (unpaired) electrons. The van der Waals surface area contributed by atoms with Crippen molar-refractivity contribution < 1.29 is 4.79 Å². The van der Waals surface area contributed by atoms with Crippen molar-refractivity contribution in [2.75, 3.05) is 17.3 Å². The van der Waals surface area contributed by atoms with Crippen LogP contribution in [0.25, 0.3) is 11.3 Å². The first kappa shape index (κ1) is 16.7. The van der Waals surface area contributed by atoms with E-state index in [-0.39, 0.29) is 5.91 Å². The number of hydrogen-bond acceptors (Lipinski definition) is 6. The lowest BCUT2D eigenvalue weighted by atomic mass is 9.85. The second-order valence-electron chi connectivity index (χ2n) is 6.93. The number of thiazole rings is 1. The third kappa shape index (κ3) is 2.64. The smallest absolute Gasteiger partial charge is 0.236 e. The Morgan fingerprint density at radius 3 is 2.77 bits per heavy atom. The number of nitrogens with one attached hydrogen (secondary N) is 1. The average molecular weight is 365 g/mol. The van der Waals surface area contributed by atoms with Crippen molar-refractivity contribution in [3.8, 4) is 11.3 Å². The largest absolute Gasteiger partial charge is 0.316 e. The molecule has 1 amide bonds. The molecule has 26 heavy (non-hydrogen) atoms. The number of rotatable bonds is 3. The second-order valence-corrected chi connectivity index (χ2v) is 7.79. The molecule has 132 valence electrons. The summed E-state index contributed by atoms with van der Waals surface area (Å²) in [7, 11) is 1.82. The number of carbonyl (C=O) groups excluding carboxylic acids is 1. The molecule has 4 rings (SSSR count). The van der Waals surface area contributed by atoms with Gasteiger partial charge in [-0.3, -0.25) is 4.79 Å². The minimum atomic E-state index is -0.518. The van der Waals surface area contributed by atoms with E-state index in [9.17, 15) is 4.79 Å². The molecule has 3 aromatic rings. The van der Waals surface area contributed by atoms with Gasteiger partial charge in [0, 0.05) is 35.4 Å². The minimum Gasteiger partial charge on any atom is -0.316 e. The minimum absolute atomic E-state index is 0.115. The lowest BCUT2D eigenvalue weighted by molar-refractivity contribution is -0.121. The van der Waals surface area contributed by atoms with Crippen LogP contribution in [0.15, 0.2) is 36.0 Å². The van der Waals surface area contributed by atoms with E-state index in [0.29, 0.717) is 0 Å². The van der Waals surface area contributed by atoms with Crippen LogP contribution in [0.5, 0.6) is 0 Å². The van der Waals surface area contributed by atoms with Gasteiger partial charge in [0.05, 0.1) is 11.1 Å². The van der Waals surface area contributed by atoms with Gasteiger partial charge in [-0.2, -0.15) is 0 Å². The van der Waals surface area contributed by atoms with Crippen molar-refractivity contribution >= 4 is 33.9 Å². The summed E-state index contributed by atoms with van der Waals surface area (Å²) in [6.07, 6.45) is 1.53. The SMILES string of the molecule is Cc1cc(Nc2nc(-c3ccc4c(c3)C(C)(C)C(=O)N4C)cs2)ncn1. The van der Waals surface area contributed by atoms with E-state index < -0.39 is 5.41 Å². The fourth-order valence-electron chi connectivity index (χ4n) is 3.23. The highest BCUT2D eigenvalue weighted by molar-refractivity contribution is 7.14. The van der Waals surface area contributed by atoms with Gasteiger partial charge in [-0.05, 0) is 38.5 Å². The third-order valence-corrected chi connectivity index (χ3v) is 5.47. The fourth-order valence-corrected chi connectivity index (χ4v) is 3.96. The Balaban J connectivity index is 1.65.